The Morgan fingerprint density at radius 1 is 1.19 bits per heavy atom. The number of nitrogens with one attached hydrogen (secondary N) is 1. The molecule has 3 rings (SSSR count). The number of fused-ring (bicyclic) bond motifs is 1. The van der Waals surface area contributed by atoms with Crippen molar-refractivity contribution >= 4 is 16.7 Å². The molecule has 0 fully saturated rings. The van der Waals surface area contributed by atoms with Gasteiger partial charge in [-0.3, -0.25) is 10.1 Å². The lowest BCUT2D eigenvalue weighted by atomic mass is 10.1. The molecule has 0 aliphatic rings. The van der Waals surface area contributed by atoms with Crippen molar-refractivity contribution < 1.29 is 10.0 Å². The van der Waals surface area contributed by atoms with E-state index in [2.05, 4.69) is 9.97 Å². The number of phenols is 1. The highest BCUT2D eigenvalue weighted by Crippen LogP contribution is 2.31. The van der Waals surface area contributed by atoms with E-state index < -0.39 is 4.92 Å². The number of imidazole rings is 1. The Bertz CT molecular complexity index is 829. The van der Waals surface area contributed by atoms with Crippen molar-refractivity contribution in [3.8, 4) is 17.1 Å². The van der Waals surface area contributed by atoms with E-state index >= 15 is 0 Å². The number of nitrogens with zero attached hydrogens (tertiary/aromatic N) is 2. The molecule has 2 N–H and O–H groups in total. The summed E-state index contributed by atoms with van der Waals surface area (Å²) >= 11 is 0. The molecule has 6 heteroatoms. The SMILES string of the molecule is Cc1cc2nc(-c3ccc(O)c([N+](=O)[O-])c3)[nH]c2cc1C. The highest BCUT2D eigenvalue weighted by Gasteiger charge is 2.16. The number of H-pyrrole nitrogens is 1. The summed E-state index contributed by atoms with van der Waals surface area (Å²) in [7, 11) is 0. The maximum Gasteiger partial charge on any atom is 0.311 e. The van der Waals surface area contributed by atoms with Gasteiger partial charge < -0.3 is 10.1 Å². The molecule has 0 aliphatic carbocycles. The number of aromatic hydroxyl groups is 1. The predicted octanol–water partition coefficient (Wildman–Crippen LogP) is 3.46. The third-order valence-corrected chi connectivity index (χ3v) is 3.54. The lowest BCUT2D eigenvalue weighted by molar-refractivity contribution is -0.385. The zero-order chi connectivity index (χ0) is 15.1. The van der Waals surface area contributed by atoms with Gasteiger partial charge in [-0.05, 0) is 49.2 Å². The molecule has 3 aromatic rings. The number of nitro benzene ring substituents is 1. The molecule has 1 heterocycles. The Labute approximate surface area is 120 Å². The highest BCUT2D eigenvalue weighted by molar-refractivity contribution is 5.81. The second kappa shape index (κ2) is 4.59. The average Bonchev–Trinajstić information content (AvgIpc) is 2.82. The zero-order valence-corrected chi connectivity index (χ0v) is 11.5. The Balaban J connectivity index is 2.16. The Hall–Kier alpha value is -2.89. The van der Waals surface area contributed by atoms with E-state index in [1.54, 1.807) is 6.07 Å². The molecule has 21 heavy (non-hydrogen) atoms. The lowest BCUT2D eigenvalue weighted by Crippen LogP contribution is -1.90. The molecule has 0 spiro atoms. The fourth-order valence-corrected chi connectivity index (χ4v) is 2.22. The van der Waals surface area contributed by atoms with E-state index in [-0.39, 0.29) is 11.4 Å². The molecule has 0 radical (unpaired) electrons. The second-order valence-electron chi connectivity index (χ2n) is 5.00. The largest absolute Gasteiger partial charge is 0.502 e. The zero-order valence-electron chi connectivity index (χ0n) is 11.5. The topological polar surface area (TPSA) is 92.1 Å². The molecule has 2 aromatic carbocycles. The summed E-state index contributed by atoms with van der Waals surface area (Å²) in [6, 6.07) is 8.18. The van der Waals surface area contributed by atoms with Gasteiger partial charge in [0.1, 0.15) is 5.82 Å². The minimum atomic E-state index is -0.615. The van der Waals surface area contributed by atoms with Crippen LogP contribution in [-0.4, -0.2) is 20.0 Å². The maximum atomic E-state index is 10.9. The Morgan fingerprint density at radius 3 is 2.62 bits per heavy atom. The van der Waals surface area contributed by atoms with Gasteiger partial charge >= 0.3 is 5.69 Å². The molecular formula is C15H13N3O3. The first kappa shape index (κ1) is 13.1. The smallest absolute Gasteiger partial charge is 0.311 e. The first-order valence-corrected chi connectivity index (χ1v) is 6.40. The third-order valence-electron chi connectivity index (χ3n) is 3.54. The minimum absolute atomic E-state index is 0.333. The second-order valence-corrected chi connectivity index (χ2v) is 5.00. The van der Waals surface area contributed by atoms with Crippen LogP contribution in [0.5, 0.6) is 5.75 Å². The predicted molar refractivity (Wildman–Crippen MR) is 79.3 cm³/mol. The minimum Gasteiger partial charge on any atom is -0.502 e. The number of hydrogen-bond donors (Lipinski definition) is 2. The summed E-state index contributed by atoms with van der Waals surface area (Å²) < 4.78 is 0. The van der Waals surface area contributed by atoms with Crippen molar-refractivity contribution in [1.82, 2.24) is 9.97 Å². The van der Waals surface area contributed by atoms with Crippen LogP contribution in [0, 0.1) is 24.0 Å². The monoisotopic (exact) mass is 283 g/mol. The van der Waals surface area contributed by atoms with Crippen molar-refractivity contribution in [2.75, 3.05) is 0 Å². The van der Waals surface area contributed by atoms with Crippen LogP contribution in [0.15, 0.2) is 30.3 Å². The van der Waals surface area contributed by atoms with Crippen molar-refractivity contribution in [2.24, 2.45) is 0 Å². The molecule has 0 aliphatic heterocycles. The van der Waals surface area contributed by atoms with Crippen molar-refractivity contribution in [3.05, 3.63) is 51.6 Å². The van der Waals surface area contributed by atoms with Crippen LogP contribution in [0.3, 0.4) is 0 Å². The molecule has 0 saturated heterocycles. The summed E-state index contributed by atoms with van der Waals surface area (Å²) in [6.45, 7) is 4.02. The number of aryl methyl sites for hydroxylation is 2. The van der Waals surface area contributed by atoms with Crippen LogP contribution in [0.2, 0.25) is 0 Å². The number of nitro groups is 1. The summed E-state index contributed by atoms with van der Waals surface area (Å²) in [5, 5.41) is 20.4. The molecule has 0 amide bonds. The van der Waals surface area contributed by atoms with Crippen molar-refractivity contribution in [2.45, 2.75) is 13.8 Å². The van der Waals surface area contributed by atoms with Crippen LogP contribution in [0.1, 0.15) is 11.1 Å². The number of aromatic amines is 1. The van der Waals surface area contributed by atoms with Gasteiger partial charge in [-0.1, -0.05) is 0 Å². The van der Waals surface area contributed by atoms with E-state index in [1.807, 2.05) is 26.0 Å². The van der Waals surface area contributed by atoms with Crippen LogP contribution < -0.4 is 0 Å². The van der Waals surface area contributed by atoms with Gasteiger partial charge in [0.2, 0.25) is 0 Å². The van der Waals surface area contributed by atoms with Gasteiger partial charge in [-0.25, -0.2) is 4.98 Å². The number of hydrogen-bond acceptors (Lipinski definition) is 4. The summed E-state index contributed by atoms with van der Waals surface area (Å²) in [4.78, 5) is 17.9. The first-order valence-electron chi connectivity index (χ1n) is 6.40. The average molecular weight is 283 g/mol. The van der Waals surface area contributed by atoms with E-state index in [4.69, 9.17) is 0 Å². The van der Waals surface area contributed by atoms with Gasteiger partial charge in [0, 0.05) is 11.6 Å². The molecule has 0 saturated carbocycles. The van der Waals surface area contributed by atoms with Gasteiger partial charge in [0.05, 0.1) is 16.0 Å². The summed E-state index contributed by atoms with van der Waals surface area (Å²) in [6.07, 6.45) is 0. The molecule has 1 aromatic heterocycles. The standard InChI is InChI=1S/C15H13N3O3/c1-8-5-11-12(6-9(8)2)17-15(16-11)10-3-4-14(19)13(7-10)18(20)21/h3-7,19H,1-2H3,(H,16,17). The van der Waals surface area contributed by atoms with Crippen LogP contribution >= 0.6 is 0 Å². The van der Waals surface area contributed by atoms with Crippen LogP contribution in [0.25, 0.3) is 22.4 Å². The Morgan fingerprint density at radius 2 is 1.90 bits per heavy atom. The molecular weight excluding hydrogens is 270 g/mol. The Kier molecular flexibility index (Phi) is 2.86. The van der Waals surface area contributed by atoms with E-state index in [0.29, 0.717) is 11.4 Å². The molecule has 0 unspecified atom stereocenters. The van der Waals surface area contributed by atoms with Crippen molar-refractivity contribution in [1.29, 1.82) is 0 Å². The van der Waals surface area contributed by atoms with E-state index in [9.17, 15) is 15.2 Å². The number of benzene rings is 2. The van der Waals surface area contributed by atoms with Gasteiger partial charge in [0.15, 0.2) is 5.75 Å². The van der Waals surface area contributed by atoms with Crippen molar-refractivity contribution in [3.63, 3.8) is 0 Å². The van der Waals surface area contributed by atoms with Gasteiger partial charge in [-0.15, -0.1) is 0 Å². The van der Waals surface area contributed by atoms with Gasteiger partial charge in [-0.2, -0.15) is 0 Å². The molecule has 0 atom stereocenters. The fraction of sp³-hybridized carbons (Fsp3) is 0.133. The summed E-state index contributed by atoms with van der Waals surface area (Å²) in [5.74, 6) is 0.185. The molecule has 106 valence electrons. The first-order chi connectivity index (χ1) is 9.95. The number of aromatic nitrogens is 2. The molecule has 6 nitrogen and oxygen atoms in total. The number of rotatable bonds is 2. The number of phenolic OH excluding ortho intramolecular Hbond substituents is 1. The summed E-state index contributed by atoms with van der Waals surface area (Å²) in [5.41, 5.74) is 4.20. The van der Waals surface area contributed by atoms with E-state index in [0.717, 1.165) is 22.2 Å². The lowest BCUT2D eigenvalue weighted by Gasteiger charge is -1.99. The van der Waals surface area contributed by atoms with Crippen LogP contribution in [-0.2, 0) is 0 Å². The third kappa shape index (κ3) is 2.20. The quantitative estimate of drug-likeness (QED) is 0.556. The van der Waals surface area contributed by atoms with Gasteiger partial charge in [0.25, 0.3) is 0 Å². The van der Waals surface area contributed by atoms with E-state index in [1.165, 1.54) is 12.1 Å². The highest BCUT2D eigenvalue weighted by atomic mass is 16.6. The normalized spacial score (nSPS) is 11.0. The van der Waals surface area contributed by atoms with Crippen LogP contribution in [0.4, 0.5) is 5.69 Å². The molecule has 0 bridgehead atoms. The fourth-order valence-electron chi connectivity index (χ4n) is 2.22. The maximum absolute atomic E-state index is 10.9.